The SMILES string of the molecule is Nc1nc(-c2cnn(CCCc3ccccc3)c2)nc2c1ncn2C1CCC(CO)O1. The fourth-order valence-electron chi connectivity index (χ4n) is 4.00. The lowest BCUT2D eigenvalue weighted by Crippen LogP contribution is -2.14. The van der Waals surface area contributed by atoms with Gasteiger partial charge >= 0.3 is 0 Å². The summed E-state index contributed by atoms with van der Waals surface area (Å²) in [5.74, 6) is 0.838. The Bertz CT molecular complexity index is 1170. The van der Waals surface area contributed by atoms with Crippen molar-refractivity contribution in [1.29, 1.82) is 0 Å². The van der Waals surface area contributed by atoms with E-state index in [0.717, 1.165) is 37.8 Å². The number of nitrogens with zero attached hydrogens (tertiary/aromatic N) is 6. The van der Waals surface area contributed by atoms with E-state index in [9.17, 15) is 5.11 Å². The van der Waals surface area contributed by atoms with Crippen LogP contribution in [0, 0.1) is 0 Å². The zero-order valence-corrected chi connectivity index (χ0v) is 17.1. The van der Waals surface area contributed by atoms with Gasteiger partial charge in [0, 0.05) is 12.7 Å². The summed E-state index contributed by atoms with van der Waals surface area (Å²) in [6.07, 6.45) is 8.58. The lowest BCUT2D eigenvalue weighted by Gasteiger charge is -2.14. The van der Waals surface area contributed by atoms with Gasteiger partial charge in [-0.25, -0.2) is 15.0 Å². The molecule has 2 atom stereocenters. The molecule has 1 fully saturated rings. The summed E-state index contributed by atoms with van der Waals surface area (Å²) in [5.41, 5.74) is 9.48. The van der Waals surface area contributed by atoms with Crippen molar-refractivity contribution in [3.05, 3.63) is 54.6 Å². The molecule has 0 bridgehead atoms. The number of ether oxygens (including phenoxy) is 1. The highest BCUT2D eigenvalue weighted by Gasteiger charge is 2.28. The molecule has 0 amide bonds. The summed E-state index contributed by atoms with van der Waals surface area (Å²) < 4.78 is 9.67. The van der Waals surface area contributed by atoms with Gasteiger partial charge in [-0.1, -0.05) is 30.3 Å². The lowest BCUT2D eigenvalue weighted by molar-refractivity contribution is -0.0207. The van der Waals surface area contributed by atoms with Crippen LogP contribution in [0.4, 0.5) is 5.82 Å². The topological polar surface area (TPSA) is 117 Å². The first-order valence-corrected chi connectivity index (χ1v) is 10.5. The second kappa shape index (κ2) is 8.44. The average molecular weight is 419 g/mol. The third kappa shape index (κ3) is 4.01. The second-order valence-electron chi connectivity index (χ2n) is 7.81. The van der Waals surface area contributed by atoms with Crippen LogP contribution < -0.4 is 5.73 Å². The zero-order chi connectivity index (χ0) is 21.2. The third-order valence-electron chi connectivity index (χ3n) is 5.63. The van der Waals surface area contributed by atoms with E-state index in [0.29, 0.717) is 22.8 Å². The van der Waals surface area contributed by atoms with E-state index in [1.807, 2.05) is 21.5 Å². The van der Waals surface area contributed by atoms with Crippen LogP contribution in [0.3, 0.4) is 0 Å². The van der Waals surface area contributed by atoms with Crippen molar-refractivity contribution in [1.82, 2.24) is 29.3 Å². The normalized spacial score (nSPS) is 18.7. The average Bonchev–Trinajstić information content (AvgIpc) is 3.53. The van der Waals surface area contributed by atoms with Crippen LogP contribution in [0.25, 0.3) is 22.6 Å². The number of aliphatic hydroxyl groups is 1. The molecule has 0 spiro atoms. The smallest absolute Gasteiger partial charge is 0.168 e. The number of aryl methyl sites for hydroxylation is 2. The molecule has 0 radical (unpaired) electrons. The van der Waals surface area contributed by atoms with Crippen molar-refractivity contribution in [2.45, 2.75) is 44.6 Å². The standard InChI is InChI=1S/C22H25N7O2/c23-20-19-22(29(14-24-19)18-9-8-17(13-30)31-18)27-21(26-20)16-11-25-28(12-16)10-4-7-15-5-2-1-3-6-15/h1-3,5-6,11-12,14,17-18,30H,4,7-10,13H2,(H2,23,26,27). The van der Waals surface area contributed by atoms with Crippen LogP contribution in [-0.2, 0) is 17.7 Å². The summed E-state index contributed by atoms with van der Waals surface area (Å²) in [6, 6.07) is 10.4. The molecular formula is C22H25N7O2. The molecule has 160 valence electrons. The summed E-state index contributed by atoms with van der Waals surface area (Å²) >= 11 is 0. The Morgan fingerprint density at radius 1 is 1.16 bits per heavy atom. The molecule has 0 saturated carbocycles. The highest BCUT2D eigenvalue weighted by atomic mass is 16.5. The Morgan fingerprint density at radius 3 is 2.84 bits per heavy atom. The number of hydrogen-bond donors (Lipinski definition) is 2. The highest BCUT2D eigenvalue weighted by Crippen LogP contribution is 2.31. The van der Waals surface area contributed by atoms with Gasteiger partial charge in [-0.2, -0.15) is 5.10 Å². The molecule has 9 heteroatoms. The number of rotatable bonds is 7. The molecule has 3 N–H and O–H groups in total. The predicted molar refractivity (Wildman–Crippen MR) is 116 cm³/mol. The molecule has 4 heterocycles. The van der Waals surface area contributed by atoms with Crippen molar-refractivity contribution in [3.8, 4) is 11.4 Å². The largest absolute Gasteiger partial charge is 0.394 e. The van der Waals surface area contributed by atoms with Crippen molar-refractivity contribution in [3.63, 3.8) is 0 Å². The summed E-state index contributed by atoms with van der Waals surface area (Å²) in [5, 5.41) is 13.8. The maximum atomic E-state index is 9.36. The molecule has 1 saturated heterocycles. The summed E-state index contributed by atoms with van der Waals surface area (Å²) in [7, 11) is 0. The molecular weight excluding hydrogens is 394 g/mol. The third-order valence-corrected chi connectivity index (χ3v) is 5.63. The van der Waals surface area contributed by atoms with E-state index in [-0.39, 0.29) is 18.9 Å². The van der Waals surface area contributed by atoms with Gasteiger partial charge in [0.1, 0.15) is 11.7 Å². The quantitative estimate of drug-likeness (QED) is 0.473. The molecule has 5 rings (SSSR count). The number of imidazole rings is 1. The number of aliphatic hydroxyl groups excluding tert-OH is 1. The molecule has 2 unspecified atom stereocenters. The minimum absolute atomic E-state index is 0.00889. The van der Waals surface area contributed by atoms with Gasteiger partial charge in [0.25, 0.3) is 0 Å². The fourth-order valence-corrected chi connectivity index (χ4v) is 4.00. The van der Waals surface area contributed by atoms with Crippen molar-refractivity contribution in [2.24, 2.45) is 0 Å². The van der Waals surface area contributed by atoms with Crippen LogP contribution in [0.15, 0.2) is 49.1 Å². The molecule has 3 aromatic heterocycles. The van der Waals surface area contributed by atoms with Crippen LogP contribution >= 0.6 is 0 Å². The molecule has 4 aromatic rings. The lowest BCUT2D eigenvalue weighted by atomic mass is 10.1. The maximum Gasteiger partial charge on any atom is 0.168 e. The number of aromatic nitrogens is 6. The van der Waals surface area contributed by atoms with E-state index >= 15 is 0 Å². The molecule has 1 aromatic carbocycles. The number of anilines is 1. The Morgan fingerprint density at radius 2 is 2.03 bits per heavy atom. The number of nitrogen functional groups attached to an aromatic ring is 1. The highest BCUT2D eigenvalue weighted by molar-refractivity contribution is 5.83. The van der Waals surface area contributed by atoms with Crippen LogP contribution in [0.2, 0.25) is 0 Å². The van der Waals surface area contributed by atoms with E-state index in [1.165, 1.54) is 5.56 Å². The minimum atomic E-state index is -0.218. The molecule has 9 nitrogen and oxygen atoms in total. The van der Waals surface area contributed by atoms with E-state index < -0.39 is 0 Å². The van der Waals surface area contributed by atoms with Crippen molar-refractivity contribution >= 4 is 17.0 Å². The monoisotopic (exact) mass is 419 g/mol. The van der Waals surface area contributed by atoms with Gasteiger partial charge in [0.05, 0.1) is 30.8 Å². The Balaban J connectivity index is 1.35. The van der Waals surface area contributed by atoms with Gasteiger partial charge in [0.15, 0.2) is 17.3 Å². The second-order valence-corrected chi connectivity index (χ2v) is 7.81. The van der Waals surface area contributed by atoms with Crippen molar-refractivity contribution in [2.75, 3.05) is 12.3 Å². The molecule has 0 aliphatic carbocycles. The maximum absolute atomic E-state index is 9.36. The Kier molecular flexibility index (Phi) is 5.35. The van der Waals surface area contributed by atoms with Gasteiger partial charge in [-0.15, -0.1) is 0 Å². The number of hydrogen-bond acceptors (Lipinski definition) is 7. The number of nitrogens with two attached hydrogens (primary N) is 1. The van der Waals surface area contributed by atoms with Crippen molar-refractivity contribution < 1.29 is 9.84 Å². The Hall–Kier alpha value is -3.30. The molecule has 31 heavy (non-hydrogen) atoms. The predicted octanol–water partition coefficient (Wildman–Crippen LogP) is 2.57. The van der Waals surface area contributed by atoms with Crippen LogP contribution in [0.1, 0.15) is 31.1 Å². The minimum Gasteiger partial charge on any atom is -0.394 e. The fraction of sp³-hybridized carbons (Fsp3) is 0.364. The van der Waals surface area contributed by atoms with Crippen LogP contribution in [-0.4, -0.2) is 47.1 Å². The molecule has 1 aliphatic heterocycles. The first-order valence-electron chi connectivity index (χ1n) is 10.5. The first-order chi connectivity index (χ1) is 15.2. The number of fused-ring (bicyclic) bond motifs is 1. The summed E-state index contributed by atoms with van der Waals surface area (Å²) in [4.78, 5) is 13.5. The summed E-state index contributed by atoms with van der Waals surface area (Å²) in [6.45, 7) is 0.817. The first kappa shape index (κ1) is 19.7. The van der Waals surface area contributed by atoms with E-state index in [4.69, 9.17) is 15.5 Å². The van der Waals surface area contributed by atoms with Gasteiger partial charge < -0.3 is 15.6 Å². The molecule has 1 aliphatic rings. The Labute approximate surface area is 179 Å². The van der Waals surface area contributed by atoms with Gasteiger partial charge in [0.2, 0.25) is 0 Å². The van der Waals surface area contributed by atoms with E-state index in [2.05, 4.69) is 39.3 Å². The van der Waals surface area contributed by atoms with Gasteiger partial charge in [-0.05, 0) is 31.2 Å². The zero-order valence-electron chi connectivity index (χ0n) is 17.1. The number of benzene rings is 1. The van der Waals surface area contributed by atoms with E-state index in [1.54, 1.807) is 12.5 Å². The van der Waals surface area contributed by atoms with Gasteiger partial charge in [-0.3, -0.25) is 9.25 Å². The van der Waals surface area contributed by atoms with Crippen LogP contribution in [0.5, 0.6) is 0 Å².